The third kappa shape index (κ3) is 3.68. The summed E-state index contributed by atoms with van der Waals surface area (Å²) < 4.78 is 13.8. The Morgan fingerprint density at radius 2 is 2.12 bits per heavy atom. The van der Waals surface area contributed by atoms with Gasteiger partial charge in [0.2, 0.25) is 0 Å². The van der Waals surface area contributed by atoms with Gasteiger partial charge in [0.25, 0.3) is 0 Å². The molecule has 0 atom stereocenters. The van der Waals surface area contributed by atoms with Crippen LogP contribution in [0.15, 0.2) is 18.2 Å². The van der Waals surface area contributed by atoms with Crippen LogP contribution in [0.25, 0.3) is 0 Å². The standard InChI is InChI=1S/C14H19ClFN/c1-14(2,9-17-11-6-7-11)8-10-4-3-5-12(15)13(10)16/h3-5,11,17H,6-9H2,1-2H3. The van der Waals surface area contributed by atoms with Gasteiger partial charge in [-0.25, -0.2) is 4.39 Å². The molecular weight excluding hydrogens is 237 g/mol. The maximum absolute atomic E-state index is 13.8. The number of benzene rings is 1. The molecule has 17 heavy (non-hydrogen) atoms. The Morgan fingerprint density at radius 1 is 1.41 bits per heavy atom. The predicted octanol–water partition coefficient (Wildman–Crippen LogP) is 3.80. The van der Waals surface area contributed by atoms with E-state index in [9.17, 15) is 4.39 Å². The van der Waals surface area contributed by atoms with Gasteiger partial charge >= 0.3 is 0 Å². The highest BCUT2D eigenvalue weighted by molar-refractivity contribution is 6.30. The Morgan fingerprint density at radius 3 is 2.76 bits per heavy atom. The van der Waals surface area contributed by atoms with Crippen LogP contribution < -0.4 is 5.32 Å². The molecule has 0 unspecified atom stereocenters. The molecule has 1 N–H and O–H groups in total. The molecule has 1 fully saturated rings. The topological polar surface area (TPSA) is 12.0 Å². The Hall–Kier alpha value is -0.600. The smallest absolute Gasteiger partial charge is 0.144 e. The number of hydrogen-bond donors (Lipinski definition) is 1. The molecule has 2 rings (SSSR count). The second kappa shape index (κ2) is 4.95. The largest absolute Gasteiger partial charge is 0.313 e. The van der Waals surface area contributed by atoms with Crippen LogP contribution in [-0.4, -0.2) is 12.6 Å². The summed E-state index contributed by atoms with van der Waals surface area (Å²) in [7, 11) is 0. The minimum absolute atomic E-state index is 0.0497. The summed E-state index contributed by atoms with van der Waals surface area (Å²) >= 11 is 5.79. The molecule has 0 bridgehead atoms. The molecule has 0 radical (unpaired) electrons. The fraction of sp³-hybridized carbons (Fsp3) is 0.571. The average molecular weight is 256 g/mol. The van der Waals surface area contributed by atoms with Crippen LogP contribution in [0.1, 0.15) is 32.3 Å². The van der Waals surface area contributed by atoms with Gasteiger partial charge in [0.15, 0.2) is 0 Å². The molecule has 1 aliphatic carbocycles. The third-order valence-electron chi connectivity index (χ3n) is 3.15. The second-order valence-corrected chi connectivity index (χ2v) is 6.12. The fourth-order valence-corrected chi connectivity index (χ4v) is 2.17. The molecular formula is C14H19ClFN. The molecule has 1 aromatic carbocycles. The number of nitrogens with one attached hydrogen (secondary N) is 1. The Balaban J connectivity index is 1.99. The summed E-state index contributed by atoms with van der Waals surface area (Å²) in [5.74, 6) is -0.270. The van der Waals surface area contributed by atoms with Crippen LogP contribution in [0.3, 0.4) is 0 Å². The van der Waals surface area contributed by atoms with E-state index in [4.69, 9.17) is 11.6 Å². The molecule has 3 heteroatoms. The van der Waals surface area contributed by atoms with E-state index in [-0.39, 0.29) is 16.3 Å². The van der Waals surface area contributed by atoms with Crippen LogP contribution in [-0.2, 0) is 6.42 Å². The summed E-state index contributed by atoms with van der Waals surface area (Å²) in [4.78, 5) is 0. The number of halogens is 2. The summed E-state index contributed by atoms with van der Waals surface area (Å²) in [5.41, 5.74) is 0.758. The Kier molecular flexibility index (Phi) is 3.74. The lowest BCUT2D eigenvalue weighted by Gasteiger charge is -2.25. The van der Waals surface area contributed by atoms with Gasteiger partial charge < -0.3 is 5.32 Å². The van der Waals surface area contributed by atoms with Gasteiger partial charge in [0.05, 0.1) is 5.02 Å². The minimum Gasteiger partial charge on any atom is -0.313 e. The van der Waals surface area contributed by atoms with Crippen LogP contribution in [0, 0.1) is 11.2 Å². The first-order valence-corrected chi connectivity index (χ1v) is 6.52. The van der Waals surface area contributed by atoms with Gasteiger partial charge in [0.1, 0.15) is 5.82 Å². The van der Waals surface area contributed by atoms with Crippen LogP contribution in [0.2, 0.25) is 5.02 Å². The highest BCUT2D eigenvalue weighted by Gasteiger charge is 2.26. The zero-order valence-electron chi connectivity index (χ0n) is 10.4. The molecule has 1 aromatic rings. The van der Waals surface area contributed by atoms with Gasteiger partial charge in [-0.15, -0.1) is 0 Å². The Bertz CT molecular complexity index is 399. The van der Waals surface area contributed by atoms with E-state index in [1.165, 1.54) is 12.8 Å². The molecule has 94 valence electrons. The van der Waals surface area contributed by atoms with Crippen molar-refractivity contribution >= 4 is 11.6 Å². The van der Waals surface area contributed by atoms with Gasteiger partial charge in [-0.3, -0.25) is 0 Å². The van der Waals surface area contributed by atoms with Crippen molar-refractivity contribution in [1.82, 2.24) is 5.32 Å². The van der Waals surface area contributed by atoms with Crippen molar-refractivity contribution < 1.29 is 4.39 Å². The fourth-order valence-electron chi connectivity index (χ4n) is 1.97. The van der Waals surface area contributed by atoms with Crippen molar-refractivity contribution in [1.29, 1.82) is 0 Å². The van der Waals surface area contributed by atoms with E-state index < -0.39 is 0 Å². The molecule has 0 saturated heterocycles. The monoisotopic (exact) mass is 255 g/mol. The molecule has 0 spiro atoms. The van der Waals surface area contributed by atoms with E-state index >= 15 is 0 Å². The molecule has 0 aromatic heterocycles. The molecule has 0 aliphatic heterocycles. The van der Waals surface area contributed by atoms with Crippen LogP contribution in [0.5, 0.6) is 0 Å². The number of hydrogen-bond acceptors (Lipinski definition) is 1. The van der Waals surface area contributed by atoms with E-state index in [0.29, 0.717) is 18.0 Å². The van der Waals surface area contributed by atoms with Crippen molar-refractivity contribution in [2.24, 2.45) is 5.41 Å². The van der Waals surface area contributed by atoms with Gasteiger partial charge in [0, 0.05) is 12.6 Å². The quantitative estimate of drug-likeness (QED) is 0.844. The molecule has 1 nitrogen and oxygen atoms in total. The van der Waals surface area contributed by atoms with Crippen molar-refractivity contribution in [3.8, 4) is 0 Å². The van der Waals surface area contributed by atoms with E-state index in [1.807, 2.05) is 12.1 Å². The number of rotatable bonds is 5. The first-order valence-electron chi connectivity index (χ1n) is 6.14. The normalized spacial score (nSPS) is 16.2. The van der Waals surface area contributed by atoms with E-state index in [1.54, 1.807) is 6.07 Å². The summed E-state index contributed by atoms with van der Waals surface area (Å²) in [6, 6.07) is 5.92. The predicted molar refractivity (Wildman–Crippen MR) is 69.9 cm³/mol. The van der Waals surface area contributed by atoms with Crippen molar-refractivity contribution in [3.05, 3.63) is 34.6 Å². The van der Waals surface area contributed by atoms with Crippen LogP contribution >= 0.6 is 11.6 Å². The van der Waals surface area contributed by atoms with Gasteiger partial charge in [-0.05, 0) is 36.3 Å². The van der Waals surface area contributed by atoms with E-state index in [2.05, 4.69) is 19.2 Å². The third-order valence-corrected chi connectivity index (χ3v) is 3.44. The zero-order valence-corrected chi connectivity index (χ0v) is 11.1. The highest BCUT2D eigenvalue weighted by atomic mass is 35.5. The lowest BCUT2D eigenvalue weighted by molar-refractivity contribution is 0.332. The first-order chi connectivity index (χ1) is 7.98. The average Bonchev–Trinajstić information content (AvgIpc) is 3.06. The molecule has 0 amide bonds. The lowest BCUT2D eigenvalue weighted by atomic mass is 9.85. The molecule has 1 aliphatic rings. The molecule has 1 saturated carbocycles. The highest BCUT2D eigenvalue weighted by Crippen LogP contribution is 2.27. The maximum atomic E-state index is 13.8. The second-order valence-electron chi connectivity index (χ2n) is 5.71. The maximum Gasteiger partial charge on any atom is 0.144 e. The van der Waals surface area contributed by atoms with Crippen LogP contribution in [0.4, 0.5) is 4.39 Å². The summed E-state index contributed by atoms with van der Waals surface area (Å²) in [6.07, 6.45) is 3.27. The van der Waals surface area contributed by atoms with Gasteiger partial charge in [-0.2, -0.15) is 0 Å². The SMILES string of the molecule is CC(C)(CNC1CC1)Cc1cccc(Cl)c1F. The Labute approximate surface area is 107 Å². The summed E-state index contributed by atoms with van der Waals surface area (Å²) in [5, 5.41) is 3.71. The minimum atomic E-state index is -0.270. The van der Waals surface area contributed by atoms with Gasteiger partial charge in [-0.1, -0.05) is 37.6 Å². The van der Waals surface area contributed by atoms with Crippen molar-refractivity contribution in [2.45, 2.75) is 39.2 Å². The molecule has 0 heterocycles. The summed E-state index contributed by atoms with van der Waals surface area (Å²) in [6.45, 7) is 5.23. The lowest BCUT2D eigenvalue weighted by Crippen LogP contribution is -2.32. The zero-order chi connectivity index (χ0) is 12.5. The van der Waals surface area contributed by atoms with Crippen molar-refractivity contribution in [2.75, 3.05) is 6.54 Å². The van der Waals surface area contributed by atoms with Crippen molar-refractivity contribution in [3.63, 3.8) is 0 Å². The first kappa shape index (κ1) is 12.8. The van der Waals surface area contributed by atoms with E-state index in [0.717, 1.165) is 6.54 Å².